The van der Waals surface area contributed by atoms with Gasteiger partial charge < -0.3 is 5.11 Å². The van der Waals surface area contributed by atoms with Crippen LogP contribution < -0.4 is 5.56 Å². The first-order valence-electron chi connectivity index (χ1n) is 7.81. The van der Waals surface area contributed by atoms with Gasteiger partial charge in [0.1, 0.15) is 22.5 Å². The number of hydrogen-bond acceptors (Lipinski definition) is 6. The molecule has 0 radical (unpaired) electrons. The van der Waals surface area contributed by atoms with Gasteiger partial charge in [0.15, 0.2) is 16.6 Å². The van der Waals surface area contributed by atoms with E-state index in [2.05, 4.69) is 21.5 Å². The van der Waals surface area contributed by atoms with Crippen LogP contribution in [0.4, 0.5) is 4.39 Å². The van der Waals surface area contributed by atoms with Crippen molar-refractivity contribution in [3.05, 3.63) is 52.8 Å². The first-order valence-corrected chi connectivity index (χ1v) is 9.03. The van der Waals surface area contributed by atoms with Crippen molar-refractivity contribution in [2.45, 2.75) is 31.1 Å². The third-order valence-corrected chi connectivity index (χ3v) is 4.33. The molecule has 0 amide bonds. The zero-order valence-electron chi connectivity index (χ0n) is 14.6. The van der Waals surface area contributed by atoms with Gasteiger partial charge in [0.05, 0.1) is 6.54 Å². The van der Waals surface area contributed by atoms with Crippen LogP contribution in [0.3, 0.4) is 0 Å². The zero-order valence-corrected chi connectivity index (χ0v) is 15.4. The highest BCUT2D eigenvalue weighted by molar-refractivity contribution is 7.98. The van der Waals surface area contributed by atoms with E-state index in [1.54, 1.807) is 6.08 Å². The van der Waals surface area contributed by atoms with Gasteiger partial charge in [-0.15, -0.1) is 6.58 Å². The van der Waals surface area contributed by atoms with Gasteiger partial charge in [-0.05, 0) is 32.2 Å². The number of allylic oxidation sites excluding steroid dienone is 1. The molecule has 3 aromatic heterocycles. The van der Waals surface area contributed by atoms with Crippen LogP contribution in [0, 0.1) is 5.82 Å². The Morgan fingerprint density at radius 2 is 2.12 bits per heavy atom. The number of hydrogen-bond donors (Lipinski definition) is 1. The molecule has 3 aromatic rings. The highest BCUT2D eigenvalue weighted by atomic mass is 32.2. The van der Waals surface area contributed by atoms with Crippen LogP contribution in [0.25, 0.3) is 16.9 Å². The summed E-state index contributed by atoms with van der Waals surface area (Å²) in [6, 6.07) is 2.64. The zero-order chi connectivity index (χ0) is 19.1. The van der Waals surface area contributed by atoms with Crippen molar-refractivity contribution in [3.8, 4) is 5.82 Å². The number of aromatic nitrogens is 5. The fraction of sp³-hybridized carbons (Fsp3) is 0.294. The van der Waals surface area contributed by atoms with Crippen molar-refractivity contribution in [1.82, 2.24) is 24.3 Å². The highest BCUT2D eigenvalue weighted by Crippen LogP contribution is 2.23. The molecule has 0 unspecified atom stereocenters. The van der Waals surface area contributed by atoms with Crippen LogP contribution in [0.5, 0.6) is 0 Å². The quantitative estimate of drug-likeness (QED) is 0.418. The topological polar surface area (TPSA) is 85.8 Å². The van der Waals surface area contributed by atoms with E-state index >= 15 is 0 Å². The average molecular weight is 375 g/mol. The van der Waals surface area contributed by atoms with Gasteiger partial charge in [-0.25, -0.2) is 28.7 Å². The summed E-state index contributed by atoms with van der Waals surface area (Å²) in [5.41, 5.74) is -1.54. The van der Waals surface area contributed by atoms with E-state index in [0.717, 1.165) is 0 Å². The highest BCUT2D eigenvalue weighted by Gasteiger charge is 2.25. The van der Waals surface area contributed by atoms with E-state index in [4.69, 9.17) is 0 Å². The number of fused-ring (bicyclic) bond motifs is 1. The molecule has 3 heterocycles. The first kappa shape index (κ1) is 18.3. The molecule has 136 valence electrons. The summed E-state index contributed by atoms with van der Waals surface area (Å²) in [6.07, 6.45) is 4.86. The summed E-state index contributed by atoms with van der Waals surface area (Å²) in [6.45, 7) is 6.77. The van der Waals surface area contributed by atoms with E-state index in [1.165, 1.54) is 53.3 Å². The van der Waals surface area contributed by atoms with Crippen LogP contribution in [0.15, 0.2) is 40.9 Å². The Labute approximate surface area is 153 Å². The van der Waals surface area contributed by atoms with Gasteiger partial charge >= 0.3 is 0 Å². The predicted octanol–water partition coefficient (Wildman–Crippen LogP) is 2.25. The monoisotopic (exact) mass is 375 g/mol. The largest absolute Gasteiger partial charge is 0.384 e. The van der Waals surface area contributed by atoms with Crippen LogP contribution >= 0.6 is 11.8 Å². The molecule has 0 atom stereocenters. The van der Waals surface area contributed by atoms with Crippen LogP contribution in [0.1, 0.15) is 19.5 Å². The van der Waals surface area contributed by atoms with Gasteiger partial charge in [0.25, 0.3) is 5.56 Å². The number of thioether (sulfide) groups is 1. The van der Waals surface area contributed by atoms with Crippen molar-refractivity contribution in [3.63, 3.8) is 0 Å². The van der Waals surface area contributed by atoms with E-state index in [9.17, 15) is 14.3 Å². The molecule has 0 fully saturated rings. The van der Waals surface area contributed by atoms with Gasteiger partial charge in [-0.3, -0.25) is 4.79 Å². The fourth-order valence-electron chi connectivity index (χ4n) is 2.61. The van der Waals surface area contributed by atoms with Crippen LogP contribution in [0.2, 0.25) is 0 Å². The molecule has 0 aliphatic carbocycles. The molecule has 0 saturated carbocycles. The number of halogens is 1. The Morgan fingerprint density at radius 1 is 1.38 bits per heavy atom. The number of pyridine rings is 1. The van der Waals surface area contributed by atoms with Crippen molar-refractivity contribution >= 4 is 22.8 Å². The summed E-state index contributed by atoms with van der Waals surface area (Å²) >= 11 is 1.34. The van der Waals surface area contributed by atoms with E-state index < -0.39 is 11.4 Å². The molecule has 1 N–H and O–H groups in total. The summed E-state index contributed by atoms with van der Waals surface area (Å²) in [5.74, 6) is -0.363. The van der Waals surface area contributed by atoms with Crippen molar-refractivity contribution in [1.29, 1.82) is 0 Å². The lowest BCUT2D eigenvalue weighted by Gasteiger charge is -2.19. The first-order chi connectivity index (χ1) is 12.3. The third-order valence-electron chi connectivity index (χ3n) is 3.77. The second-order valence-corrected chi connectivity index (χ2v) is 6.91. The predicted molar refractivity (Wildman–Crippen MR) is 98.1 cm³/mol. The van der Waals surface area contributed by atoms with Crippen molar-refractivity contribution < 1.29 is 9.50 Å². The molecule has 3 rings (SSSR count). The second kappa shape index (κ2) is 6.65. The molecule has 0 aliphatic rings. The summed E-state index contributed by atoms with van der Waals surface area (Å²) in [4.78, 5) is 25.5. The van der Waals surface area contributed by atoms with Crippen LogP contribution in [-0.4, -0.2) is 35.7 Å². The van der Waals surface area contributed by atoms with Crippen molar-refractivity contribution in [2.24, 2.45) is 0 Å². The molecule has 0 aromatic carbocycles. The van der Waals surface area contributed by atoms with Gasteiger partial charge in [-0.1, -0.05) is 17.8 Å². The Bertz CT molecular complexity index is 1050. The Balaban J connectivity index is 2.38. The minimum atomic E-state index is -1.48. The molecule has 0 bridgehead atoms. The summed E-state index contributed by atoms with van der Waals surface area (Å²) in [7, 11) is 0. The molecule has 0 aliphatic heterocycles. The maximum atomic E-state index is 14.1. The summed E-state index contributed by atoms with van der Waals surface area (Å²) in [5, 5.41) is 11.0. The van der Waals surface area contributed by atoms with Gasteiger partial charge in [0.2, 0.25) is 0 Å². The normalized spacial score (nSPS) is 11.9. The molecule has 9 heteroatoms. The Kier molecular flexibility index (Phi) is 4.68. The Hall–Kier alpha value is -2.52. The summed E-state index contributed by atoms with van der Waals surface area (Å²) < 4.78 is 17.0. The minimum absolute atomic E-state index is 0.117. The number of aliphatic hydroxyl groups is 1. The minimum Gasteiger partial charge on any atom is -0.384 e. The SMILES string of the molecule is C=CCn1c(=O)c2cnc(SC)nc2n1-c1ccc(F)c(C(C)(C)O)n1. The Morgan fingerprint density at radius 3 is 2.73 bits per heavy atom. The van der Waals surface area contributed by atoms with Gasteiger partial charge in [0, 0.05) is 6.20 Å². The maximum absolute atomic E-state index is 14.1. The molecular weight excluding hydrogens is 357 g/mol. The maximum Gasteiger partial charge on any atom is 0.278 e. The van der Waals surface area contributed by atoms with E-state index in [1.807, 2.05) is 6.26 Å². The fourth-order valence-corrected chi connectivity index (χ4v) is 2.95. The lowest BCUT2D eigenvalue weighted by molar-refractivity contribution is 0.0694. The van der Waals surface area contributed by atoms with Gasteiger partial charge in [-0.2, -0.15) is 0 Å². The molecule has 7 nitrogen and oxygen atoms in total. The molecule has 26 heavy (non-hydrogen) atoms. The van der Waals surface area contributed by atoms with E-state index in [0.29, 0.717) is 16.2 Å². The molecule has 0 saturated heterocycles. The molecule has 0 spiro atoms. The third kappa shape index (κ3) is 3.04. The molecular formula is C17H18FN5O2S. The second-order valence-electron chi connectivity index (χ2n) is 6.14. The number of nitrogens with zero attached hydrogens (tertiary/aromatic N) is 5. The van der Waals surface area contributed by atoms with Crippen LogP contribution in [-0.2, 0) is 12.1 Å². The average Bonchev–Trinajstić information content (AvgIpc) is 2.86. The smallest absolute Gasteiger partial charge is 0.278 e. The number of rotatable bonds is 5. The lowest BCUT2D eigenvalue weighted by atomic mass is 10.0. The van der Waals surface area contributed by atoms with E-state index in [-0.39, 0.29) is 23.6 Å². The standard InChI is InChI=1S/C17H18FN5O2S/c1-5-8-22-15(24)10-9-19-16(26-4)21-14(10)23(22)12-7-6-11(18)13(20-12)17(2,3)25/h5-7,9,25H,1,8H2,2-4H3. The lowest BCUT2D eigenvalue weighted by Crippen LogP contribution is -2.24. The van der Waals surface area contributed by atoms with Crippen molar-refractivity contribution in [2.75, 3.05) is 6.26 Å².